The van der Waals surface area contributed by atoms with E-state index in [9.17, 15) is 0 Å². The van der Waals surface area contributed by atoms with Crippen molar-refractivity contribution in [2.45, 2.75) is 46.0 Å². The lowest BCUT2D eigenvalue weighted by molar-refractivity contribution is 0.129. The summed E-state index contributed by atoms with van der Waals surface area (Å²) in [5.74, 6) is 0.847. The second-order valence-electron chi connectivity index (χ2n) is 5.08. The van der Waals surface area contributed by atoms with Crippen LogP contribution in [0.3, 0.4) is 0 Å². The molecule has 0 saturated heterocycles. The highest BCUT2D eigenvalue weighted by Crippen LogP contribution is 2.10. The molecule has 0 fully saturated rings. The van der Waals surface area contributed by atoms with Gasteiger partial charge >= 0.3 is 0 Å². The maximum atomic E-state index is 5.53. The number of guanidine groups is 1. The number of aryl methyl sites for hydroxylation is 1. The Balaban J connectivity index is 2.07. The molecule has 1 rings (SSSR count). The van der Waals surface area contributed by atoms with Gasteiger partial charge in [-0.3, -0.25) is 4.99 Å². The molecule has 0 atom stereocenters. The fourth-order valence-corrected chi connectivity index (χ4v) is 2.66. The van der Waals surface area contributed by atoms with E-state index in [2.05, 4.69) is 39.8 Å². The van der Waals surface area contributed by atoms with E-state index in [-0.39, 0.29) is 0 Å². The summed E-state index contributed by atoms with van der Waals surface area (Å²) < 4.78 is 5.53. The van der Waals surface area contributed by atoms with Crippen LogP contribution in [0.25, 0.3) is 0 Å². The Bertz CT molecular complexity index is 420. The van der Waals surface area contributed by atoms with E-state index in [1.807, 2.05) is 0 Å². The number of hydrogen-bond acceptors (Lipinski definition) is 4. The van der Waals surface area contributed by atoms with Crippen LogP contribution < -0.4 is 10.6 Å². The summed E-state index contributed by atoms with van der Waals surface area (Å²) in [5, 5.41) is 9.98. The molecule has 126 valence electrons. The summed E-state index contributed by atoms with van der Waals surface area (Å²) in [6.07, 6.45) is 5.27. The number of aliphatic imine (C=N–C) groups is 1. The summed E-state index contributed by atoms with van der Waals surface area (Å²) in [5.41, 5.74) is 1.16. The Morgan fingerprint density at radius 2 is 2.00 bits per heavy atom. The van der Waals surface area contributed by atoms with Crippen molar-refractivity contribution >= 4 is 17.3 Å². The number of unbranched alkanes of at least 4 members (excludes halogenated alkanes) is 1. The third kappa shape index (κ3) is 8.34. The SMILES string of the molecule is CCCCOCCCNC(=NC)NCCc1csc(CC)n1. The summed E-state index contributed by atoms with van der Waals surface area (Å²) in [7, 11) is 1.80. The quantitative estimate of drug-likeness (QED) is 0.373. The lowest BCUT2D eigenvalue weighted by Gasteiger charge is -2.11. The third-order valence-electron chi connectivity index (χ3n) is 3.20. The molecule has 0 radical (unpaired) electrons. The smallest absolute Gasteiger partial charge is 0.190 e. The highest BCUT2D eigenvalue weighted by molar-refractivity contribution is 7.09. The van der Waals surface area contributed by atoms with Gasteiger partial charge in [0.1, 0.15) is 0 Å². The van der Waals surface area contributed by atoms with Gasteiger partial charge in [0.2, 0.25) is 0 Å². The van der Waals surface area contributed by atoms with Crippen LogP contribution in [0.2, 0.25) is 0 Å². The molecule has 0 amide bonds. The largest absolute Gasteiger partial charge is 0.381 e. The summed E-state index contributed by atoms with van der Waals surface area (Å²) >= 11 is 1.74. The van der Waals surface area contributed by atoms with E-state index >= 15 is 0 Å². The van der Waals surface area contributed by atoms with Crippen molar-refractivity contribution in [3.05, 3.63) is 16.1 Å². The minimum Gasteiger partial charge on any atom is -0.381 e. The maximum absolute atomic E-state index is 5.53. The van der Waals surface area contributed by atoms with Crippen molar-refractivity contribution in [3.63, 3.8) is 0 Å². The van der Waals surface area contributed by atoms with E-state index in [1.54, 1.807) is 18.4 Å². The van der Waals surface area contributed by atoms with Gasteiger partial charge in [0.05, 0.1) is 10.7 Å². The number of rotatable bonds is 11. The summed E-state index contributed by atoms with van der Waals surface area (Å²) in [6, 6.07) is 0. The Morgan fingerprint density at radius 1 is 1.23 bits per heavy atom. The van der Waals surface area contributed by atoms with Crippen molar-refractivity contribution in [2.75, 3.05) is 33.4 Å². The van der Waals surface area contributed by atoms with Crippen molar-refractivity contribution < 1.29 is 4.74 Å². The van der Waals surface area contributed by atoms with Crippen LogP contribution in [0.1, 0.15) is 43.8 Å². The van der Waals surface area contributed by atoms with Crippen molar-refractivity contribution in [1.29, 1.82) is 0 Å². The highest BCUT2D eigenvalue weighted by atomic mass is 32.1. The van der Waals surface area contributed by atoms with Gasteiger partial charge in [-0.2, -0.15) is 0 Å². The lowest BCUT2D eigenvalue weighted by Crippen LogP contribution is -2.39. The van der Waals surface area contributed by atoms with Gasteiger partial charge in [-0.25, -0.2) is 4.98 Å². The molecular weight excluding hydrogens is 296 g/mol. The molecule has 1 heterocycles. The molecular formula is C16H30N4OS. The van der Waals surface area contributed by atoms with E-state index in [4.69, 9.17) is 4.74 Å². The molecule has 22 heavy (non-hydrogen) atoms. The molecule has 0 spiro atoms. The monoisotopic (exact) mass is 326 g/mol. The molecule has 0 unspecified atom stereocenters. The second-order valence-corrected chi connectivity index (χ2v) is 6.02. The van der Waals surface area contributed by atoms with Gasteiger partial charge in [0.25, 0.3) is 0 Å². The molecule has 1 aromatic heterocycles. The van der Waals surface area contributed by atoms with Crippen LogP contribution in [0.4, 0.5) is 0 Å². The Hall–Kier alpha value is -1.14. The van der Waals surface area contributed by atoms with Crippen molar-refractivity contribution in [1.82, 2.24) is 15.6 Å². The topological polar surface area (TPSA) is 58.5 Å². The van der Waals surface area contributed by atoms with Crippen molar-refractivity contribution in [2.24, 2.45) is 4.99 Å². The van der Waals surface area contributed by atoms with E-state index < -0.39 is 0 Å². The molecule has 0 aromatic carbocycles. The van der Waals surface area contributed by atoms with Gasteiger partial charge in [-0.15, -0.1) is 11.3 Å². The van der Waals surface area contributed by atoms with Gasteiger partial charge < -0.3 is 15.4 Å². The minimum absolute atomic E-state index is 0.808. The average molecular weight is 327 g/mol. The molecule has 0 aliphatic carbocycles. The number of thiazole rings is 1. The molecule has 2 N–H and O–H groups in total. The fraction of sp³-hybridized carbons (Fsp3) is 0.750. The first-order valence-electron chi connectivity index (χ1n) is 8.25. The number of nitrogens with one attached hydrogen (secondary N) is 2. The highest BCUT2D eigenvalue weighted by Gasteiger charge is 2.01. The minimum atomic E-state index is 0.808. The zero-order chi connectivity index (χ0) is 16.0. The number of hydrogen-bond donors (Lipinski definition) is 2. The lowest BCUT2D eigenvalue weighted by atomic mass is 10.3. The zero-order valence-electron chi connectivity index (χ0n) is 14.2. The third-order valence-corrected chi connectivity index (χ3v) is 4.24. The fourth-order valence-electron chi connectivity index (χ4n) is 1.89. The molecule has 0 bridgehead atoms. The first-order valence-corrected chi connectivity index (χ1v) is 9.13. The van der Waals surface area contributed by atoms with Gasteiger partial charge in [-0.05, 0) is 19.3 Å². The number of ether oxygens (including phenoxy) is 1. The number of aromatic nitrogens is 1. The Morgan fingerprint density at radius 3 is 2.68 bits per heavy atom. The van der Waals surface area contributed by atoms with Crippen LogP contribution in [0.5, 0.6) is 0 Å². The first-order chi connectivity index (χ1) is 10.8. The summed E-state index contributed by atoms with van der Waals surface area (Å²) in [6.45, 7) is 7.72. The molecule has 1 aromatic rings. The summed E-state index contributed by atoms with van der Waals surface area (Å²) in [4.78, 5) is 8.79. The maximum Gasteiger partial charge on any atom is 0.190 e. The van der Waals surface area contributed by atoms with Crippen LogP contribution in [0.15, 0.2) is 10.4 Å². The van der Waals surface area contributed by atoms with E-state index in [0.29, 0.717) is 0 Å². The predicted molar refractivity (Wildman–Crippen MR) is 94.9 cm³/mol. The van der Waals surface area contributed by atoms with Crippen LogP contribution in [-0.2, 0) is 17.6 Å². The second kappa shape index (κ2) is 12.4. The Labute approximate surface area is 138 Å². The van der Waals surface area contributed by atoms with Crippen molar-refractivity contribution in [3.8, 4) is 0 Å². The average Bonchev–Trinajstić information content (AvgIpc) is 3.00. The molecule has 5 nitrogen and oxygen atoms in total. The van der Waals surface area contributed by atoms with Gasteiger partial charge in [0.15, 0.2) is 5.96 Å². The molecule has 0 saturated carbocycles. The molecule has 6 heteroatoms. The van der Waals surface area contributed by atoms with Crippen LogP contribution in [-0.4, -0.2) is 44.3 Å². The van der Waals surface area contributed by atoms with E-state index in [1.165, 1.54) is 11.4 Å². The van der Waals surface area contributed by atoms with Gasteiger partial charge in [-0.1, -0.05) is 20.3 Å². The molecule has 0 aliphatic heterocycles. The van der Waals surface area contributed by atoms with Gasteiger partial charge in [0, 0.05) is 45.2 Å². The Kier molecular flexibility index (Phi) is 10.7. The van der Waals surface area contributed by atoms with E-state index in [0.717, 1.165) is 63.6 Å². The van der Waals surface area contributed by atoms with Crippen LogP contribution in [0, 0.1) is 0 Å². The zero-order valence-corrected chi connectivity index (χ0v) is 15.0. The molecule has 0 aliphatic rings. The van der Waals surface area contributed by atoms with Crippen LogP contribution >= 0.6 is 11.3 Å². The number of nitrogens with zero attached hydrogens (tertiary/aromatic N) is 2. The standard InChI is InChI=1S/C16H30N4OS/c1-4-6-11-21-12-7-9-18-16(17-3)19-10-8-14-13-22-15(5-2)20-14/h13H,4-12H2,1-3H3,(H2,17,18,19). The first kappa shape index (κ1) is 18.9. The predicted octanol–water partition coefficient (Wildman–Crippen LogP) is 2.62. The normalized spacial score (nSPS) is 11.7.